The highest BCUT2D eigenvalue weighted by Gasteiger charge is 2.51. The molecule has 0 spiro atoms. The van der Waals surface area contributed by atoms with Crippen LogP contribution in [0.15, 0.2) is 62.8 Å². The van der Waals surface area contributed by atoms with E-state index >= 15 is 0 Å². The molecule has 1 aromatic heterocycles. The molecule has 1 aromatic carbocycles. The van der Waals surface area contributed by atoms with Crippen LogP contribution in [0.2, 0.25) is 0 Å². The summed E-state index contributed by atoms with van der Waals surface area (Å²) < 4.78 is 11.5. The summed E-state index contributed by atoms with van der Waals surface area (Å²) in [5.74, 6) is 8.28. The van der Waals surface area contributed by atoms with E-state index < -0.39 is 6.29 Å². The van der Waals surface area contributed by atoms with Gasteiger partial charge in [-0.3, -0.25) is 9.80 Å². The van der Waals surface area contributed by atoms with Crippen LogP contribution in [0.5, 0.6) is 5.75 Å². The van der Waals surface area contributed by atoms with Crippen molar-refractivity contribution in [3.05, 3.63) is 54.1 Å². The van der Waals surface area contributed by atoms with Crippen molar-refractivity contribution >= 4 is 29.6 Å². The minimum atomic E-state index is -0.507. The molecular weight excluding hydrogens is 486 g/mol. The predicted octanol–water partition coefficient (Wildman–Crippen LogP) is 1.81. The van der Waals surface area contributed by atoms with Crippen molar-refractivity contribution in [2.75, 3.05) is 51.2 Å². The minimum absolute atomic E-state index is 0.102. The first kappa shape index (κ1) is 23.1. The second-order valence-corrected chi connectivity index (χ2v) is 10.1. The molecule has 2 amide bonds. The Labute approximate surface area is 220 Å². The number of rotatable bonds is 7. The smallest absolute Gasteiger partial charge is 0.341 e. The van der Waals surface area contributed by atoms with E-state index in [1.54, 1.807) is 29.3 Å². The molecule has 3 fully saturated rings. The summed E-state index contributed by atoms with van der Waals surface area (Å²) in [7, 11) is 1.75. The summed E-state index contributed by atoms with van der Waals surface area (Å²) in [6.07, 6.45) is 5.35. The van der Waals surface area contributed by atoms with Crippen LogP contribution >= 0.6 is 0 Å². The van der Waals surface area contributed by atoms with Gasteiger partial charge in [0.05, 0.1) is 12.4 Å². The Morgan fingerprint density at radius 2 is 1.87 bits per heavy atom. The summed E-state index contributed by atoms with van der Waals surface area (Å²) in [6.45, 7) is 5.06. The monoisotopic (exact) mass is 517 g/mol. The number of hydrogen-bond donors (Lipinski definition) is 1. The zero-order valence-corrected chi connectivity index (χ0v) is 21.3. The number of carbonyl (C=O) groups excluding carboxylic acids is 1. The Kier molecular flexibility index (Phi) is 5.51. The third-order valence-electron chi connectivity index (χ3n) is 7.62. The van der Waals surface area contributed by atoms with Crippen molar-refractivity contribution in [3.8, 4) is 5.75 Å². The van der Waals surface area contributed by atoms with Crippen LogP contribution in [-0.4, -0.2) is 102 Å². The topological polar surface area (TPSA) is 110 Å². The zero-order chi connectivity index (χ0) is 25.8. The van der Waals surface area contributed by atoms with Crippen molar-refractivity contribution < 1.29 is 13.9 Å². The second kappa shape index (κ2) is 9.07. The summed E-state index contributed by atoms with van der Waals surface area (Å²) in [5.41, 5.74) is 2.48. The van der Waals surface area contributed by atoms with Gasteiger partial charge in [0.15, 0.2) is 11.6 Å². The second-order valence-electron chi connectivity index (χ2n) is 10.1. The zero-order valence-electron chi connectivity index (χ0n) is 21.3. The molecule has 38 heavy (non-hydrogen) atoms. The largest absolute Gasteiger partial charge is 0.490 e. The summed E-state index contributed by atoms with van der Waals surface area (Å²) >= 11 is 0. The number of furan rings is 1. The van der Waals surface area contributed by atoms with E-state index in [2.05, 4.69) is 39.1 Å². The lowest BCUT2D eigenvalue weighted by Crippen LogP contribution is -2.49. The Morgan fingerprint density at radius 1 is 1.08 bits per heavy atom. The van der Waals surface area contributed by atoms with Gasteiger partial charge in [-0.15, -0.1) is 0 Å². The normalized spacial score (nSPS) is 23.4. The maximum Gasteiger partial charge on any atom is 0.341 e. The number of hydrogen-bond acceptors (Lipinski definition) is 10. The fourth-order valence-corrected chi connectivity index (χ4v) is 5.36. The SMILES string of the molecule is CN1C(=O)N(CCN2CCN(c3ccc(OC4CC4)cc3)CC2)C2N=C3C(=C(c4ccco4)N=CN3N)N21. The Bertz CT molecular complexity index is 1290. The molecule has 7 rings (SSSR count). The van der Waals surface area contributed by atoms with E-state index in [1.807, 2.05) is 11.1 Å². The molecule has 0 bridgehead atoms. The molecule has 1 atom stereocenters. The van der Waals surface area contributed by atoms with Gasteiger partial charge in [-0.2, -0.15) is 0 Å². The Morgan fingerprint density at radius 3 is 2.58 bits per heavy atom. The lowest BCUT2D eigenvalue weighted by atomic mass is 10.2. The van der Waals surface area contributed by atoms with Crippen LogP contribution < -0.4 is 15.5 Å². The third kappa shape index (κ3) is 3.96. The van der Waals surface area contributed by atoms with Crippen molar-refractivity contribution in [1.29, 1.82) is 0 Å². The van der Waals surface area contributed by atoms with Gasteiger partial charge in [-0.25, -0.2) is 35.6 Å². The van der Waals surface area contributed by atoms with Gasteiger partial charge in [0.2, 0.25) is 6.29 Å². The molecule has 2 saturated heterocycles. The lowest BCUT2D eigenvalue weighted by molar-refractivity contribution is 0.0841. The fraction of sp³-hybridized carbons (Fsp3) is 0.423. The van der Waals surface area contributed by atoms with Gasteiger partial charge in [0.1, 0.15) is 23.5 Å². The molecule has 0 radical (unpaired) electrons. The van der Waals surface area contributed by atoms with E-state index in [0.29, 0.717) is 35.6 Å². The summed E-state index contributed by atoms with van der Waals surface area (Å²) in [4.78, 5) is 29.1. The first-order chi connectivity index (χ1) is 18.6. The minimum Gasteiger partial charge on any atom is -0.490 e. The van der Waals surface area contributed by atoms with Crippen molar-refractivity contribution in [1.82, 2.24) is 24.8 Å². The number of ether oxygens (including phenoxy) is 1. The van der Waals surface area contributed by atoms with E-state index in [1.165, 1.54) is 29.9 Å². The molecule has 198 valence electrons. The number of nitrogens with zero attached hydrogens (tertiary/aromatic N) is 8. The molecule has 2 aromatic rings. The van der Waals surface area contributed by atoms with Crippen LogP contribution in [0.3, 0.4) is 0 Å². The molecule has 1 saturated carbocycles. The predicted molar refractivity (Wildman–Crippen MR) is 142 cm³/mol. The van der Waals surface area contributed by atoms with Crippen molar-refractivity contribution in [2.24, 2.45) is 15.8 Å². The number of piperazine rings is 1. The van der Waals surface area contributed by atoms with Crippen LogP contribution in [0.4, 0.5) is 10.5 Å². The lowest BCUT2D eigenvalue weighted by Gasteiger charge is -2.36. The van der Waals surface area contributed by atoms with Crippen LogP contribution in [0.25, 0.3) is 5.70 Å². The number of carbonyl (C=O) groups is 1. The summed E-state index contributed by atoms with van der Waals surface area (Å²) in [5, 5.41) is 4.82. The average molecular weight is 518 g/mol. The Hall–Kier alpha value is -4.03. The average Bonchev–Trinajstić information content (AvgIpc) is 3.33. The first-order valence-corrected chi connectivity index (χ1v) is 13.1. The van der Waals surface area contributed by atoms with Gasteiger partial charge in [-0.1, -0.05) is 0 Å². The number of aliphatic imine (C=N–C) groups is 2. The number of amidine groups is 1. The molecular formula is C26H31N9O3. The highest BCUT2D eigenvalue weighted by atomic mass is 16.5. The van der Waals surface area contributed by atoms with Crippen LogP contribution in [0, 0.1) is 0 Å². The highest BCUT2D eigenvalue weighted by Crippen LogP contribution is 2.38. The molecule has 12 nitrogen and oxygen atoms in total. The number of urea groups is 1. The standard InChI is InChI=1S/C26H31N9O3/c1-30-26(36)33(25-29-24-23(35(25)30)22(28-17-34(24)27)21-3-2-16-37-21)15-12-31-10-13-32(14-11-31)18-4-6-19(7-5-18)38-20-8-9-20/h2-7,16-17,20,25H,8-15,27H2,1H3. The van der Waals surface area contributed by atoms with Crippen LogP contribution in [0.1, 0.15) is 18.6 Å². The van der Waals surface area contributed by atoms with Gasteiger partial charge < -0.3 is 14.1 Å². The molecule has 5 aliphatic rings. The summed E-state index contributed by atoms with van der Waals surface area (Å²) in [6, 6.07) is 12.0. The van der Waals surface area contributed by atoms with E-state index in [0.717, 1.165) is 38.5 Å². The van der Waals surface area contributed by atoms with Crippen molar-refractivity contribution in [3.63, 3.8) is 0 Å². The number of nitrogens with two attached hydrogens (primary N) is 1. The number of amides is 2. The van der Waals surface area contributed by atoms with E-state index in [9.17, 15) is 4.79 Å². The quantitative estimate of drug-likeness (QED) is 0.554. The van der Waals surface area contributed by atoms with Gasteiger partial charge in [-0.05, 0) is 49.2 Å². The molecule has 1 aliphatic carbocycles. The highest BCUT2D eigenvalue weighted by molar-refractivity contribution is 6.12. The fourth-order valence-electron chi connectivity index (χ4n) is 5.36. The molecule has 12 heteroatoms. The number of hydrazine groups is 2. The number of fused-ring (bicyclic) bond motifs is 3. The number of benzene rings is 1. The Balaban J connectivity index is 0.999. The van der Waals surface area contributed by atoms with Gasteiger partial charge in [0, 0.05) is 52.0 Å². The van der Waals surface area contributed by atoms with Crippen molar-refractivity contribution in [2.45, 2.75) is 25.2 Å². The van der Waals surface area contributed by atoms with Gasteiger partial charge in [0.25, 0.3) is 0 Å². The maximum atomic E-state index is 13.3. The molecule has 1 unspecified atom stereocenters. The van der Waals surface area contributed by atoms with E-state index in [-0.39, 0.29) is 6.03 Å². The van der Waals surface area contributed by atoms with E-state index in [4.69, 9.17) is 20.0 Å². The third-order valence-corrected chi connectivity index (χ3v) is 7.62. The maximum absolute atomic E-state index is 13.3. The molecule has 5 heterocycles. The number of anilines is 1. The molecule has 2 N–H and O–H groups in total. The van der Waals surface area contributed by atoms with Crippen LogP contribution in [-0.2, 0) is 0 Å². The van der Waals surface area contributed by atoms with Gasteiger partial charge >= 0.3 is 6.03 Å². The molecule has 4 aliphatic heterocycles. The first-order valence-electron chi connectivity index (χ1n) is 13.1.